The molecule has 1 heterocycles. The summed E-state index contributed by atoms with van der Waals surface area (Å²) < 4.78 is 9.97. The van der Waals surface area contributed by atoms with Crippen LogP contribution in [0, 0.1) is 17.8 Å². The molecule has 0 radical (unpaired) electrons. The minimum Gasteiger partial charge on any atom is -0.469 e. The van der Waals surface area contributed by atoms with E-state index in [1.165, 1.54) is 19.2 Å². The Kier molecular flexibility index (Phi) is 3.46. The predicted octanol–water partition coefficient (Wildman–Crippen LogP) is 2.25. The van der Waals surface area contributed by atoms with Crippen LogP contribution in [0.25, 0.3) is 0 Å². The van der Waals surface area contributed by atoms with Gasteiger partial charge in [-0.3, -0.25) is 9.59 Å². The first kappa shape index (κ1) is 13.5. The minimum absolute atomic E-state index is 0.168. The first-order valence-corrected chi connectivity index (χ1v) is 7.12. The largest absolute Gasteiger partial charge is 0.469 e. The Morgan fingerprint density at radius 1 is 1.35 bits per heavy atom. The van der Waals surface area contributed by atoms with Crippen molar-refractivity contribution in [2.45, 2.75) is 25.3 Å². The fraction of sp³-hybridized carbons (Fsp3) is 0.571. The van der Waals surface area contributed by atoms with Gasteiger partial charge in [0.25, 0.3) is 5.91 Å². The minimum atomic E-state index is -0.330. The van der Waals surface area contributed by atoms with E-state index < -0.39 is 0 Å². The number of hydrogen-bond acceptors (Lipinski definition) is 4. The van der Waals surface area contributed by atoms with E-state index in [9.17, 15) is 9.59 Å². The Morgan fingerprint density at radius 3 is 2.75 bits per heavy atom. The van der Waals surface area contributed by atoms with Gasteiger partial charge in [-0.1, -0.05) is 0 Å². The van der Waals surface area contributed by atoms with Gasteiger partial charge in [0.15, 0.2) is 11.0 Å². The lowest BCUT2D eigenvalue weighted by Crippen LogP contribution is -2.47. The number of carbonyl (C=O) groups is 2. The molecule has 0 saturated heterocycles. The quantitative estimate of drug-likeness (QED) is 0.869. The summed E-state index contributed by atoms with van der Waals surface area (Å²) in [4.78, 5) is 24.0. The van der Waals surface area contributed by atoms with Crippen LogP contribution in [0.3, 0.4) is 0 Å². The monoisotopic (exact) mass is 297 g/mol. The highest BCUT2D eigenvalue weighted by Gasteiger charge is 2.52. The Hall–Kier alpha value is -1.49. The second-order valence-corrected chi connectivity index (χ2v) is 5.86. The highest BCUT2D eigenvalue weighted by Crippen LogP contribution is 2.49. The molecule has 3 rings (SSSR count). The third kappa shape index (κ3) is 2.20. The first-order valence-electron chi connectivity index (χ1n) is 6.74. The van der Waals surface area contributed by atoms with Crippen LogP contribution in [0.4, 0.5) is 0 Å². The number of fused-ring (bicyclic) bond motifs is 2. The van der Waals surface area contributed by atoms with E-state index in [0.29, 0.717) is 11.8 Å². The lowest BCUT2D eigenvalue weighted by atomic mass is 9.84. The summed E-state index contributed by atoms with van der Waals surface area (Å²) in [5.74, 6) is 0.0225. The number of halogens is 1. The number of amides is 1. The average Bonchev–Trinajstić information content (AvgIpc) is 3.13. The highest BCUT2D eigenvalue weighted by atomic mass is 35.5. The summed E-state index contributed by atoms with van der Waals surface area (Å²) in [6, 6.07) is 2.88. The van der Waals surface area contributed by atoms with Crippen molar-refractivity contribution in [1.29, 1.82) is 0 Å². The smallest absolute Gasteiger partial charge is 0.311 e. The van der Waals surface area contributed by atoms with Crippen LogP contribution in [-0.4, -0.2) is 25.0 Å². The molecule has 108 valence electrons. The van der Waals surface area contributed by atoms with E-state index in [0.717, 1.165) is 19.3 Å². The van der Waals surface area contributed by atoms with E-state index in [1.54, 1.807) is 0 Å². The van der Waals surface area contributed by atoms with Crippen LogP contribution >= 0.6 is 11.6 Å². The van der Waals surface area contributed by atoms with Gasteiger partial charge in [-0.15, -0.1) is 0 Å². The molecule has 20 heavy (non-hydrogen) atoms. The molecular weight excluding hydrogens is 282 g/mol. The fourth-order valence-electron chi connectivity index (χ4n) is 3.63. The zero-order chi connectivity index (χ0) is 14.3. The van der Waals surface area contributed by atoms with Crippen LogP contribution in [0.5, 0.6) is 0 Å². The van der Waals surface area contributed by atoms with Crippen LogP contribution in [0.15, 0.2) is 16.5 Å². The molecule has 1 amide bonds. The molecule has 1 aromatic heterocycles. The lowest BCUT2D eigenvalue weighted by Gasteiger charge is -2.29. The van der Waals surface area contributed by atoms with Crippen molar-refractivity contribution in [3.63, 3.8) is 0 Å². The molecule has 2 saturated carbocycles. The zero-order valence-electron chi connectivity index (χ0n) is 11.1. The molecule has 0 aromatic carbocycles. The molecule has 2 aliphatic carbocycles. The molecule has 6 heteroatoms. The summed E-state index contributed by atoms with van der Waals surface area (Å²) in [7, 11) is 1.39. The normalized spacial score (nSPS) is 31.3. The second-order valence-electron chi connectivity index (χ2n) is 5.49. The molecule has 2 fully saturated rings. The first-order chi connectivity index (χ1) is 9.60. The van der Waals surface area contributed by atoms with Crippen molar-refractivity contribution in [3.8, 4) is 0 Å². The molecular formula is C14H16ClNO4. The molecule has 2 bridgehead atoms. The number of esters is 1. The van der Waals surface area contributed by atoms with Gasteiger partial charge in [0.2, 0.25) is 0 Å². The number of hydrogen-bond donors (Lipinski definition) is 1. The molecule has 5 nitrogen and oxygen atoms in total. The van der Waals surface area contributed by atoms with Crippen molar-refractivity contribution < 1.29 is 18.7 Å². The SMILES string of the molecule is COC(=O)[C@@H]1[C@H]2CC[C@@H](C2)[C@H]1NC(=O)c1ccc(Cl)o1. The van der Waals surface area contributed by atoms with Gasteiger partial charge in [-0.2, -0.15) is 0 Å². The Balaban J connectivity index is 1.75. The van der Waals surface area contributed by atoms with Crippen molar-refractivity contribution in [3.05, 3.63) is 23.1 Å². The Labute approximate surface area is 121 Å². The number of methoxy groups -OCH3 is 1. The van der Waals surface area contributed by atoms with Crippen LogP contribution in [0.1, 0.15) is 29.8 Å². The maximum Gasteiger partial charge on any atom is 0.311 e. The summed E-state index contributed by atoms with van der Waals surface area (Å²) in [6.45, 7) is 0. The number of nitrogens with one attached hydrogen (secondary N) is 1. The van der Waals surface area contributed by atoms with E-state index in [4.69, 9.17) is 20.8 Å². The fourth-order valence-corrected chi connectivity index (χ4v) is 3.78. The third-order valence-electron chi connectivity index (χ3n) is 4.48. The van der Waals surface area contributed by atoms with Gasteiger partial charge in [0, 0.05) is 6.04 Å². The average molecular weight is 298 g/mol. The predicted molar refractivity (Wildman–Crippen MR) is 71.3 cm³/mol. The molecule has 1 N–H and O–H groups in total. The Bertz CT molecular complexity index is 541. The van der Waals surface area contributed by atoms with Crippen molar-refractivity contribution in [2.24, 2.45) is 17.8 Å². The summed E-state index contributed by atoms with van der Waals surface area (Å²) in [6.07, 6.45) is 3.05. The summed E-state index contributed by atoms with van der Waals surface area (Å²) in [5.41, 5.74) is 0. The van der Waals surface area contributed by atoms with Gasteiger partial charge in [-0.25, -0.2) is 0 Å². The zero-order valence-corrected chi connectivity index (χ0v) is 11.9. The molecule has 4 atom stereocenters. The summed E-state index contributed by atoms with van der Waals surface area (Å²) in [5, 5.41) is 3.09. The second kappa shape index (κ2) is 5.13. The molecule has 0 aliphatic heterocycles. The van der Waals surface area contributed by atoms with Crippen molar-refractivity contribution >= 4 is 23.5 Å². The number of furan rings is 1. The maximum atomic E-state index is 12.1. The van der Waals surface area contributed by atoms with E-state index in [-0.39, 0.29) is 34.8 Å². The standard InChI is InChI=1S/C14H16ClNO4/c1-19-14(18)11-7-2-3-8(6-7)12(11)16-13(17)9-4-5-10(15)20-9/h4-5,7-8,11-12H,2-3,6H2,1H3,(H,16,17)/t7-,8-,11+,12+/m0/s1. The van der Waals surface area contributed by atoms with Crippen LogP contribution in [0.2, 0.25) is 5.22 Å². The summed E-state index contributed by atoms with van der Waals surface area (Å²) >= 11 is 5.66. The highest BCUT2D eigenvalue weighted by molar-refractivity contribution is 6.29. The van der Waals surface area contributed by atoms with Gasteiger partial charge in [0.1, 0.15) is 0 Å². The van der Waals surface area contributed by atoms with Gasteiger partial charge < -0.3 is 14.5 Å². The van der Waals surface area contributed by atoms with Gasteiger partial charge in [0.05, 0.1) is 13.0 Å². The Morgan fingerprint density at radius 2 is 2.10 bits per heavy atom. The van der Waals surface area contributed by atoms with E-state index >= 15 is 0 Å². The van der Waals surface area contributed by atoms with E-state index in [1.807, 2.05) is 0 Å². The topological polar surface area (TPSA) is 68.5 Å². The van der Waals surface area contributed by atoms with Gasteiger partial charge in [-0.05, 0) is 54.8 Å². The molecule has 0 spiro atoms. The molecule has 2 aliphatic rings. The number of rotatable bonds is 3. The van der Waals surface area contributed by atoms with Crippen LogP contribution < -0.4 is 5.32 Å². The lowest BCUT2D eigenvalue weighted by molar-refractivity contribution is -0.148. The van der Waals surface area contributed by atoms with Gasteiger partial charge >= 0.3 is 5.97 Å². The number of carbonyl (C=O) groups excluding carboxylic acids is 2. The maximum absolute atomic E-state index is 12.1. The molecule has 1 aromatic rings. The molecule has 0 unspecified atom stereocenters. The van der Waals surface area contributed by atoms with Crippen molar-refractivity contribution in [1.82, 2.24) is 5.32 Å². The van der Waals surface area contributed by atoms with E-state index in [2.05, 4.69) is 5.32 Å². The third-order valence-corrected chi connectivity index (χ3v) is 4.69. The van der Waals surface area contributed by atoms with Crippen LogP contribution in [-0.2, 0) is 9.53 Å². The van der Waals surface area contributed by atoms with Crippen molar-refractivity contribution in [2.75, 3.05) is 7.11 Å². The number of ether oxygens (including phenoxy) is 1.